The molecule has 1 unspecified atom stereocenters. The van der Waals surface area contributed by atoms with Gasteiger partial charge in [-0.15, -0.1) is 0 Å². The summed E-state index contributed by atoms with van der Waals surface area (Å²) in [6.45, 7) is 4.29. The van der Waals surface area contributed by atoms with Crippen molar-refractivity contribution in [3.8, 4) is 11.5 Å². The van der Waals surface area contributed by atoms with Crippen molar-refractivity contribution in [1.29, 1.82) is 0 Å². The summed E-state index contributed by atoms with van der Waals surface area (Å²) in [5.41, 5.74) is 1.96. The fourth-order valence-corrected chi connectivity index (χ4v) is 2.88. The molecule has 5 heteroatoms. The molecule has 0 saturated carbocycles. The van der Waals surface area contributed by atoms with Gasteiger partial charge in [0.2, 0.25) is 0 Å². The summed E-state index contributed by atoms with van der Waals surface area (Å²) in [5, 5.41) is 20.5. The van der Waals surface area contributed by atoms with Gasteiger partial charge in [-0.1, -0.05) is 49.5 Å². The molecule has 122 valence electrons. The first-order chi connectivity index (χ1) is 10.9. The Hall–Kier alpha value is -1.71. The molecule has 0 aliphatic rings. The van der Waals surface area contributed by atoms with Gasteiger partial charge in [0.15, 0.2) is 0 Å². The summed E-state index contributed by atoms with van der Waals surface area (Å²) in [5.74, 6) is 0.389. The second-order valence-electron chi connectivity index (χ2n) is 5.52. The van der Waals surface area contributed by atoms with Crippen LogP contribution in [0.1, 0.15) is 43.7 Å². The van der Waals surface area contributed by atoms with Gasteiger partial charge in [-0.25, -0.2) is 0 Å². The maximum absolute atomic E-state index is 9.97. The Morgan fingerprint density at radius 1 is 1.17 bits per heavy atom. The summed E-state index contributed by atoms with van der Waals surface area (Å²) in [6.07, 6.45) is 3.60. The van der Waals surface area contributed by atoms with Crippen LogP contribution in [0.2, 0.25) is 10.0 Å². The second kappa shape index (κ2) is 7.71. The molecule has 0 aliphatic carbocycles. The molecule has 2 aromatic carbocycles. The Balaban J connectivity index is 2.34. The lowest BCUT2D eigenvalue weighted by atomic mass is 9.96. The fraction of sp³-hybridized carbons (Fsp3) is 0.278. The van der Waals surface area contributed by atoms with Crippen molar-refractivity contribution in [2.45, 2.75) is 32.6 Å². The van der Waals surface area contributed by atoms with E-state index in [4.69, 9.17) is 23.2 Å². The molecule has 0 aromatic heterocycles. The monoisotopic (exact) mass is 351 g/mol. The first kappa shape index (κ1) is 17.6. The Kier molecular flexibility index (Phi) is 5.91. The number of aromatic hydroxyl groups is 2. The lowest BCUT2D eigenvalue weighted by Gasteiger charge is -2.11. The highest BCUT2D eigenvalue weighted by atomic mass is 35.5. The molecular weight excluding hydrogens is 333 g/mol. The van der Waals surface area contributed by atoms with Gasteiger partial charge in [0.1, 0.15) is 17.2 Å². The van der Waals surface area contributed by atoms with Crippen LogP contribution >= 0.6 is 23.2 Å². The van der Waals surface area contributed by atoms with E-state index in [-0.39, 0.29) is 16.5 Å². The predicted molar refractivity (Wildman–Crippen MR) is 96.8 cm³/mol. The predicted octanol–water partition coefficient (Wildman–Crippen LogP) is 6.06. The molecule has 0 radical (unpaired) electrons. The number of phenols is 2. The molecule has 23 heavy (non-hydrogen) atoms. The number of benzene rings is 2. The molecule has 1 atom stereocenters. The van der Waals surface area contributed by atoms with Gasteiger partial charge in [0, 0.05) is 16.8 Å². The van der Waals surface area contributed by atoms with Crippen molar-refractivity contribution >= 4 is 35.1 Å². The SMILES string of the molecule is CCCC(C)c1ccc(O)c(N=Cc2cc(Cl)cc(Cl)c2O)c1. The minimum absolute atomic E-state index is 0.0845. The van der Waals surface area contributed by atoms with E-state index in [9.17, 15) is 10.2 Å². The summed E-state index contributed by atoms with van der Waals surface area (Å²) in [4.78, 5) is 4.27. The van der Waals surface area contributed by atoms with Crippen LogP contribution in [0, 0.1) is 0 Å². The second-order valence-corrected chi connectivity index (χ2v) is 6.37. The first-order valence-corrected chi connectivity index (χ1v) is 8.23. The topological polar surface area (TPSA) is 52.8 Å². The lowest BCUT2D eigenvalue weighted by molar-refractivity contribution is 0.474. The molecule has 2 N–H and O–H groups in total. The Labute approximate surface area is 146 Å². The van der Waals surface area contributed by atoms with Crippen molar-refractivity contribution < 1.29 is 10.2 Å². The van der Waals surface area contributed by atoms with Gasteiger partial charge >= 0.3 is 0 Å². The number of nitrogens with zero attached hydrogens (tertiary/aromatic N) is 1. The van der Waals surface area contributed by atoms with Crippen molar-refractivity contribution in [1.82, 2.24) is 0 Å². The number of hydrogen-bond donors (Lipinski definition) is 2. The molecule has 0 bridgehead atoms. The average Bonchev–Trinajstić information content (AvgIpc) is 2.51. The normalized spacial score (nSPS) is 12.7. The molecule has 0 amide bonds. The van der Waals surface area contributed by atoms with Crippen LogP contribution in [-0.2, 0) is 0 Å². The van der Waals surface area contributed by atoms with Gasteiger partial charge in [0.05, 0.1) is 5.02 Å². The third-order valence-corrected chi connectivity index (χ3v) is 4.20. The molecule has 2 aromatic rings. The third kappa shape index (κ3) is 4.40. The van der Waals surface area contributed by atoms with E-state index in [0.717, 1.165) is 18.4 Å². The third-order valence-electron chi connectivity index (χ3n) is 3.69. The van der Waals surface area contributed by atoms with Crippen LogP contribution in [0.15, 0.2) is 35.3 Å². The number of aliphatic imine (C=N–C) groups is 1. The maximum Gasteiger partial charge on any atom is 0.143 e. The van der Waals surface area contributed by atoms with Gasteiger partial charge in [-0.05, 0) is 42.2 Å². The van der Waals surface area contributed by atoms with Crippen LogP contribution in [0.25, 0.3) is 0 Å². The summed E-state index contributed by atoms with van der Waals surface area (Å²) in [6, 6.07) is 8.42. The van der Waals surface area contributed by atoms with Gasteiger partial charge in [-0.3, -0.25) is 4.99 Å². The van der Waals surface area contributed by atoms with Crippen molar-refractivity contribution in [3.05, 3.63) is 51.5 Å². The smallest absolute Gasteiger partial charge is 0.143 e. The number of hydrogen-bond acceptors (Lipinski definition) is 3. The van der Waals surface area contributed by atoms with Crippen LogP contribution in [0.4, 0.5) is 5.69 Å². The van der Waals surface area contributed by atoms with E-state index < -0.39 is 0 Å². The molecule has 0 spiro atoms. The van der Waals surface area contributed by atoms with Crippen LogP contribution in [0.3, 0.4) is 0 Å². The zero-order chi connectivity index (χ0) is 17.0. The molecule has 0 fully saturated rings. The lowest BCUT2D eigenvalue weighted by Crippen LogP contribution is -1.92. The molecule has 0 aliphatic heterocycles. The fourth-order valence-electron chi connectivity index (χ4n) is 2.37. The number of rotatable bonds is 5. The first-order valence-electron chi connectivity index (χ1n) is 7.47. The summed E-state index contributed by atoms with van der Waals surface area (Å²) < 4.78 is 0. The van der Waals surface area contributed by atoms with E-state index in [1.165, 1.54) is 12.3 Å². The van der Waals surface area contributed by atoms with Gasteiger partial charge in [0.25, 0.3) is 0 Å². The minimum atomic E-state index is -0.0881. The molecule has 3 nitrogen and oxygen atoms in total. The molecule has 0 saturated heterocycles. The zero-order valence-electron chi connectivity index (χ0n) is 13.1. The highest BCUT2D eigenvalue weighted by molar-refractivity contribution is 6.36. The quantitative estimate of drug-likeness (QED) is 0.643. The molecular formula is C18H19Cl2NO2. The van der Waals surface area contributed by atoms with E-state index >= 15 is 0 Å². The van der Waals surface area contributed by atoms with Crippen LogP contribution < -0.4 is 0 Å². The Morgan fingerprint density at radius 3 is 2.61 bits per heavy atom. The Morgan fingerprint density at radius 2 is 1.91 bits per heavy atom. The Bertz CT molecular complexity index is 729. The number of halogens is 2. The van der Waals surface area contributed by atoms with Crippen LogP contribution in [-0.4, -0.2) is 16.4 Å². The highest BCUT2D eigenvalue weighted by Crippen LogP contribution is 2.33. The minimum Gasteiger partial charge on any atom is -0.506 e. The standard InChI is InChI=1S/C18H19Cl2NO2/c1-3-4-11(2)12-5-6-17(22)16(8-12)21-10-13-7-14(19)9-15(20)18(13)23/h5-11,22-23H,3-4H2,1-2H3. The van der Waals surface area contributed by atoms with E-state index in [1.807, 2.05) is 12.1 Å². The van der Waals surface area contributed by atoms with E-state index in [2.05, 4.69) is 18.8 Å². The van der Waals surface area contributed by atoms with Crippen molar-refractivity contribution in [3.63, 3.8) is 0 Å². The molecule has 0 heterocycles. The largest absolute Gasteiger partial charge is 0.506 e. The highest BCUT2D eigenvalue weighted by Gasteiger charge is 2.09. The summed E-state index contributed by atoms with van der Waals surface area (Å²) in [7, 11) is 0. The zero-order valence-corrected chi connectivity index (χ0v) is 14.6. The number of phenolic OH excluding ortho intramolecular Hbond substituents is 2. The average molecular weight is 352 g/mol. The van der Waals surface area contributed by atoms with Crippen LogP contribution in [0.5, 0.6) is 11.5 Å². The van der Waals surface area contributed by atoms with Gasteiger partial charge in [-0.2, -0.15) is 0 Å². The van der Waals surface area contributed by atoms with E-state index in [1.54, 1.807) is 12.1 Å². The molecule has 2 rings (SSSR count). The van der Waals surface area contributed by atoms with Crippen molar-refractivity contribution in [2.75, 3.05) is 0 Å². The van der Waals surface area contributed by atoms with Crippen molar-refractivity contribution in [2.24, 2.45) is 4.99 Å². The van der Waals surface area contributed by atoms with E-state index in [0.29, 0.717) is 22.2 Å². The summed E-state index contributed by atoms with van der Waals surface area (Å²) >= 11 is 11.8. The van der Waals surface area contributed by atoms with Gasteiger partial charge < -0.3 is 10.2 Å². The maximum atomic E-state index is 9.97.